The van der Waals surface area contributed by atoms with E-state index in [1.807, 2.05) is 18.2 Å². The van der Waals surface area contributed by atoms with Crippen LogP contribution >= 0.6 is 12.2 Å². The number of rotatable bonds is 5. The summed E-state index contributed by atoms with van der Waals surface area (Å²) in [6.45, 7) is 2.10. The van der Waals surface area contributed by atoms with Crippen LogP contribution in [0.3, 0.4) is 0 Å². The maximum absolute atomic E-state index is 12.8. The van der Waals surface area contributed by atoms with Crippen molar-refractivity contribution in [2.45, 2.75) is 25.8 Å². The average molecular weight is 302 g/mol. The van der Waals surface area contributed by atoms with Gasteiger partial charge in [-0.05, 0) is 61.8 Å². The van der Waals surface area contributed by atoms with Crippen molar-refractivity contribution < 1.29 is 4.39 Å². The van der Waals surface area contributed by atoms with E-state index in [0.29, 0.717) is 5.11 Å². The molecule has 0 spiro atoms. The minimum Gasteiger partial charge on any atom is -0.360 e. The van der Waals surface area contributed by atoms with Crippen LogP contribution in [0.1, 0.15) is 18.9 Å². The summed E-state index contributed by atoms with van der Waals surface area (Å²) in [6.07, 6.45) is 2.00. The lowest BCUT2D eigenvalue weighted by Crippen LogP contribution is -2.36. The van der Waals surface area contributed by atoms with Crippen molar-refractivity contribution in [2.75, 3.05) is 5.32 Å². The quantitative estimate of drug-likeness (QED) is 0.812. The van der Waals surface area contributed by atoms with E-state index in [0.717, 1.165) is 18.5 Å². The second-order valence-electron chi connectivity index (χ2n) is 5.03. The van der Waals surface area contributed by atoms with Gasteiger partial charge in [0, 0.05) is 11.7 Å². The lowest BCUT2D eigenvalue weighted by Gasteiger charge is -2.17. The molecule has 0 fully saturated rings. The van der Waals surface area contributed by atoms with Gasteiger partial charge in [0.1, 0.15) is 5.82 Å². The third kappa shape index (κ3) is 5.52. The number of aryl methyl sites for hydroxylation is 1. The molecular weight excluding hydrogens is 283 g/mol. The predicted octanol–water partition coefficient (Wildman–Crippen LogP) is 4.13. The largest absolute Gasteiger partial charge is 0.360 e. The average Bonchev–Trinajstić information content (AvgIpc) is 2.48. The Morgan fingerprint density at radius 3 is 2.43 bits per heavy atom. The summed E-state index contributed by atoms with van der Waals surface area (Å²) < 4.78 is 12.8. The smallest absolute Gasteiger partial charge is 0.170 e. The maximum atomic E-state index is 12.8. The summed E-state index contributed by atoms with van der Waals surface area (Å²) in [5.74, 6) is -0.254. The lowest BCUT2D eigenvalue weighted by molar-refractivity contribution is 0.609. The van der Waals surface area contributed by atoms with Crippen molar-refractivity contribution in [3.63, 3.8) is 0 Å². The normalized spacial score (nSPS) is 11.7. The van der Waals surface area contributed by atoms with Gasteiger partial charge in [-0.15, -0.1) is 0 Å². The molecule has 1 atom stereocenters. The molecule has 21 heavy (non-hydrogen) atoms. The molecule has 0 heterocycles. The third-order valence-corrected chi connectivity index (χ3v) is 3.41. The van der Waals surface area contributed by atoms with Gasteiger partial charge in [-0.3, -0.25) is 0 Å². The van der Waals surface area contributed by atoms with Crippen molar-refractivity contribution in [2.24, 2.45) is 0 Å². The number of halogens is 1. The highest BCUT2D eigenvalue weighted by Gasteiger charge is 2.05. The fraction of sp³-hybridized carbons (Fsp3) is 0.235. The van der Waals surface area contributed by atoms with Gasteiger partial charge in [-0.1, -0.05) is 30.3 Å². The van der Waals surface area contributed by atoms with E-state index in [4.69, 9.17) is 12.2 Å². The second kappa shape index (κ2) is 7.74. The molecule has 4 heteroatoms. The highest BCUT2D eigenvalue weighted by molar-refractivity contribution is 7.80. The lowest BCUT2D eigenvalue weighted by atomic mass is 10.1. The van der Waals surface area contributed by atoms with Crippen LogP contribution < -0.4 is 10.6 Å². The Kier molecular flexibility index (Phi) is 5.69. The molecule has 0 aromatic heterocycles. The summed E-state index contributed by atoms with van der Waals surface area (Å²) in [7, 11) is 0. The highest BCUT2D eigenvalue weighted by Crippen LogP contribution is 2.09. The van der Waals surface area contributed by atoms with Crippen LogP contribution in [0, 0.1) is 5.82 Å². The Balaban J connectivity index is 1.75. The van der Waals surface area contributed by atoms with Gasteiger partial charge in [0.25, 0.3) is 0 Å². The zero-order valence-corrected chi connectivity index (χ0v) is 12.8. The molecular formula is C17H19FN2S. The Morgan fingerprint density at radius 2 is 1.76 bits per heavy atom. The van der Waals surface area contributed by atoms with E-state index >= 15 is 0 Å². The molecule has 0 unspecified atom stereocenters. The van der Waals surface area contributed by atoms with E-state index in [1.54, 1.807) is 12.1 Å². The molecule has 2 aromatic rings. The van der Waals surface area contributed by atoms with E-state index in [1.165, 1.54) is 17.7 Å². The van der Waals surface area contributed by atoms with Crippen LogP contribution in [-0.4, -0.2) is 11.2 Å². The minimum atomic E-state index is -0.254. The maximum Gasteiger partial charge on any atom is 0.170 e. The Labute approximate surface area is 130 Å². The molecule has 0 amide bonds. The number of hydrogen-bond donors (Lipinski definition) is 2. The molecule has 110 valence electrons. The SMILES string of the molecule is C[C@H](CCc1ccccc1)NC(=S)Nc1ccc(F)cc1. The van der Waals surface area contributed by atoms with Crippen LogP contribution in [0.4, 0.5) is 10.1 Å². The van der Waals surface area contributed by atoms with E-state index in [-0.39, 0.29) is 11.9 Å². The van der Waals surface area contributed by atoms with E-state index in [2.05, 4.69) is 29.7 Å². The third-order valence-electron chi connectivity index (χ3n) is 3.19. The fourth-order valence-corrected chi connectivity index (χ4v) is 2.34. The van der Waals surface area contributed by atoms with Gasteiger partial charge in [-0.2, -0.15) is 0 Å². The van der Waals surface area contributed by atoms with Gasteiger partial charge in [0.15, 0.2) is 5.11 Å². The molecule has 0 radical (unpaired) electrons. The van der Waals surface area contributed by atoms with E-state index in [9.17, 15) is 4.39 Å². The van der Waals surface area contributed by atoms with Crippen molar-refractivity contribution in [3.05, 3.63) is 66.0 Å². The first-order chi connectivity index (χ1) is 10.1. The topological polar surface area (TPSA) is 24.1 Å². The molecule has 2 aromatic carbocycles. The van der Waals surface area contributed by atoms with Crippen LogP contribution in [0.2, 0.25) is 0 Å². The number of anilines is 1. The van der Waals surface area contributed by atoms with Crippen LogP contribution in [-0.2, 0) is 6.42 Å². The summed E-state index contributed by atoms with van der Waals surface area (Å²) >= 11 is 5.26. The van der Waals surface area contributed by atoms with Gasteiger partial charge in [0.2, 0.25) is 0 Å². The highest BCUT2D eigenvalue weighted by atomic mass is 32.1. The van der Waals surface area contributed by atoms with Crippen molar-refractivity contribution in [3.8, 4) is 0 Å². The molecule has 0 saturated carbocycles. The zero-order valence-electron chi connectivity index (χ0n) is 12.0. The molecule has 0 aliphatic heterocycles. The van der Waals surface area contributed by atoms with Gasteiger partial charge in [-0.25, -0.2) is 4.39 Å². The second-order valence-corrected chi connectivity index (χ2v) is 5.44. The summed E-state index contributed by atoms with van der Waals surface area (Å²) in [5.41, 5.74) is 2.10. The zero-order chi connectivity index (χ0) is 15.1. The molecule has 2 N–H and O–H groups in total. The molecule has 0 aliphatic carbocycles. The van der Waals surface area contributed by atoms with Crippen molar-refractivity contribution >= 4 is 23.0 Å². The van der Waals surface area contributed by atoms with Gasteiger partial charge >= 0.3 is 0 Å². The summed E-state index contributed by atoms with van der Waals surface area (Å²) in [5, 5.41) is 6.85. The summed E-state index contributed by atoms with van der Waals surface area (Å²) in [4.78, 5) is 0. The Bertz CT molecular complexity index is 569. The summed E-state index contributed by atoms with van der Waals surface area (Å²) in [6, 6.07) is 16.8. The molecule has 0 aliphatic rings. The molecule has 2 rings (SSSR count). The van der Waals surface area contributed by atoms with Crippen molar-refractivity contribution in [1.29, 1.82) is 0 Å². The minimum absolute atomic E-state index is 0.254. The number of hydrogen-bond acceptors (Lipinski definition) is 1. The van der Waals surface area contributed by atoms with Crippen LogP contribution in [0.5, 0.6) is 0 Å². The Hall–Kier alpha value is -1.94. The van der Waals surface area contributed by atoms with Gasteiger partial charge in [0.05, 0.1) is 0 Å². The first-order valence-corrected chi connectivity index (χ1v) is 7.41. The standard InChI is InChI=1S/C17H19FN2S/c1-13(7-8-14-5-3-2-4-6-14)19-17(21)20-16-11-9-15(18)10-12-16/h2-6,9-13H,7-8H2,1H3,(H2,19,20,21)/t13-/m1/s1. The molecule has 0 saturated heterocycles. The first-order valence-electron chi connectivity index (χ1n) is 7.00. The number of thiocarbonyl (C=S) groups is 1. The fourth-order valence-electron chi connectivity index (χ4n) is 2.02. The number of nitrogens with one attached hydrogen (secondary N) is 2. The van der Waals surface area contributed by atoms with Crippen molar-refractivity contribution in [1.82, 2.24) is 5.32 Å². The Morgan fingerprint density at radius 1 is 1.10 bits per heavy atom. The monoisotopic (exact) mass is 302 g/mol. The van der Waals surface area contributed by atoms with Crippen LogP contribution in [0.15, 0.2) is 54.6 Å². The van der Waals surface area contributed by atoms with Crippen LogP contribution in [0.25, 0.3) is 0 Å². The first kappa shape index (κ1) is 15.4. The predicted molar refractivity (Wildman–Crippen MR) is 90.0 cm³/mol. The van der Waals surface area contributed by atoms with E-state index < -0.39 is 0 Å². The van der Waals surface area contributed by atoms with Gasteiger partial charge < -0.3 is 10.6 Å². The number of benzene rings is 2. The molecule has 0 bridgehead atoms. The molecule has 2 nitrogen and oxygen atoms in total.